The molecule has 0 N–H and O–H groups in total. The Morgan fingerprint density at radius 3 is 2.29 bits per heavy atom. The van der Waals surface area contributed by atoms with E-state index in [-0.39, 0.29) is 18.7 Å². The van der Waals surface area contributed by atoms with Crippen molar-refractivity contribution in [1.82, 2.24) is 14.5 Å². The molecular weight excluding hydrogens is 632 g/mol. The predicted octanol–water partition coefficient (Wildman–Crippen LogP) is 8.52. The molecule has 4 rings (SSSR count). The first kappa shape index (κ1) is 31.9. The van der Waals surface area contributed by atoms with Gasteiger partial charge in [-0.05, 0) is 63.3 Å². The molecule has 2 aromatic carbocycles. The van der Waals surface area contributed by atoms with Crippen molar-refractivity contribution in [3.05, 3.63) is 63.9 Å². The normalized spacial score (nSPS) is 16.7. The van der Waals surface area contributed by atoms with Crippen molar-refractivity contribution >= 4 is 52.7 Å². The molecule has 3 aromatic rings. The third-order valence-electron chi connectivity index (χ3n) is 7.31. The molecule has 41 heavy (non-hydrogen) atoms. The molecule has 0 spiro atoms. The maximum absolute atomic E-state index is 14.5. The van der Waals surface area contributed by atoms with Gasteiger partial charge in [0.1, 0.15) is 23.0 Å². The second kappa shape index (κ2) is 12.3. The topological polar surface area (TPSA) is 56.6 Å². The number of likely N-dealkylation sites (tertiary alicyclic amines) is 1. The molecule has 0 bridgehead atoms. The van der Waals surface area contributed by atoms with Gasteiger partial charge in [0.05, 0.1) is 11.0 Å². The molecule has 1 aliphatic rings. The van der Waals surface area contributed by atoms with Crippen molar-refractivity contribution in [2.75, 3.05) is 19.7 Å². The minimum absolute atomic E-state index is 0.100. The number of alkyl halides is 1. The summed E-state index contributed by atoms with van der Waals surface area (Å²) in [7, 11) is -1.35. The molecule has 1 saturated heterocycles. The highest BCUT2D eigenvalue weighted by atomic mass is 79.9. The largest absolute Gasteiger partial charge is 0.444 e. The van der Waals surface area contributed by atoms with Crippen LogP contribution in [-0.2, 0) is 21.1 Å². The van der Waals surface area contributed by atoms with E-state index in [0.717, 1.165) is 28.2 Å². The molecule has 224 valence electrons. The first-order chi connectivity index (χ1) is 19.1. The zero-order valence-corrected chi connectivity index (χ0v) is 27.9. The smallest absolute Gasteiger partial charge is 0.410 e. The van der Waals surface area contributed by atoms with Crippen LogP contribution in [0, 0.1) is 17.6 Å². The molecule has 0 saturated carbocycles. The number of carbonyl (C=O) groups excluding carboxylic acids is 1. The quantitative estimate of drug-likeness (QED) is 0.137. The number of aromatic nitrogens is 2. The van der Waals surface area contributed by atoms with Gasteiger partial charge in [-0.3, -0.25) is 0 Å². The number of imidazole rings is 1. The molecule has 1 fully saturated rings. The predicted molar refractivity (Wildman–Crippen MR) is 165 cm³/mol. The van der Waals surface area contributed by atoms with E-state index in [0.29, 0.717) is 49.4 Å². The van der Waals surface area contributed by atoms with Gasteiger partial charge in [0, 0.05) is 44.4 Å². The highest BCUT2D eigenvalue weighted by Gasteiger charge is 2.46. The van der Waals surface area contributed by atoms with Crippen LogP contribution < -0.4 is 0 Å². The van der Waals surface area contributed by atoms with Crippen LogP contribution in [0.2, 0.25) is 25.7 Å². The first-order valence-electron chi connectivity index (χ1n) is 13.9. The molecule has 1 aliphatic heterocycles. The fourth-order valence-electron chi connectivity index (χ4n) is 5.09. The second-order valence-electron chi connectivity index (χ2n) is 12.9. The van der Waals surface area contributed by atoms with Gasteiger partial charge in [-0.1, -0.05) is 47.7 Å². The van der Waals surface area contributed by atoms with Crippen molar-refractivity contribution in [1.29, 1.82) is 0 Å². The number of hydrogen-bond donors (Lipinski definition) is 0. The average Bonchev–Trinajstić information content (AvgIpc) is 3.22. The summed E-state index contributed by atoms with van der Waals surface area (Å²) in [6.45, 7) is 13.9. The summed E-state index contributed by atoms with van der Waals surface area (Å²) in [5.41, 5.74) is 0.936. The summed E-state index contributed by atoms with van der Waals surface area (Å²) in [5, 5.41) is 0. The lowest BCUT2D eigenvalue weighted by molar-refractivity contribution is 0.0169. The van der Waals surface area contributed by atoms with Gasteiger partial charge in [-0.25, -0.2) is 18.6 Å². The van der Waals surface area contributed by atoms with Gasteiger partial charge >= 0.3 is 6.09 Å². The van der Waals surface area contributed by atoms with Gasteiger partial charge in [0.25, 0.3) is 0 Å². The van der Waals surface area contributed by atoms with Crippen LogP contribution in [0.1, 0.15) is 45.0 Å². The number of rotatable bonds is 8. The van der Waals surface area contributed by atoms with Gasteiger partial charge in [-0.2, -0.15) is 0 Å². The molecule has 1 atom stereocenters. The summed E-state index contributed by atoms with van der Waals surface area (Å²) < 4.78 is 43.2. The first-order valence-corrected chi connectivity index (χ1v) is 18.8. The van der Waals surface area contributed by atoms with E-state index < -0.39 is 30.2 Å². The van der Waals surface area contributed by atoms with Crippen LogP contribution >= 0.6 is 27.5 Å². The lowest BCUT2D eigenvalue weighted by atomic mass is 9.78. The van der Waals surface area contributed by atoms with E-state index in [9.17, 15) is 13.6 Å². The lowest BCUT2D eigenvalue weighted by Gasteiger charge is -2.41. The van der Waals surface area contributed by atoms with Gasteiger partial charge in [-0.15, -0.1) is 11.6 Å². The number of amides is 1. The molecular formula is C30H39BrClF2N3O3Si. The number of benzene rings is 2. The molecule has 11 heteroatoms. The Labute approximate surface area is 255 Å². The Bertz CT molecular complexity index is 1380. The Morgan fingerprint density at radius 2 is 1.71 bits per heavy atom. The fraction of sp³-hybridized carbons (Fsp3) is 0.533. The maximum atomic E-state index is 14.5. The number of hydrogen-bond acceptors (Lipinski definition) is 4. The summed E-state index contributed by atoms with van der Waals surface area (Å²) in [4.78, 5) is 18.1. The van der Waals surface area contributed by atoms with Crippen molar-refractivity contribution in [3.63, 3.8) is 0 Å². The number of fused-ring (bicyclic) bond motifs is 1. The number of piperidine rings is 1. The van der Waals surface area contributed by atoms with E-state index in [1.165, 1.54) is 0 Å². The van der Waals surface area contributed by atoms with Crippen LogP contribution in [0.5, 0.6) is 0 Å². The summed E-state index contributed by atoms with van der Waals surface area (Å²) in [6.07, 6.45) is 0.816. The fourth-order valence-corrected chi connectivity index (χ4v) is 6.60. The van der Waals surface area contributed by atoms with Crippen molar-refractivity contribution in [3.8, 4) is 0 Å². The standard InChI is InChI=1S/C30H39BrClF2N3O3Si/c1-29(2,3)40-28(38)36-13-11-21(12-14-36)30(32,20-7-9-22(31)10-8-20)27-35-25-17-23(33)24(34)18-26(25)37(27)19-39-15-16-41(4,5)6/h7-10,17-18,21H,11-16,19H2,1-6H3. The number of nitrogens with zero attached hydrogens (tertiary/aromatic N) is 3. The van der Waals surface area contributed by atoms with Crippen LogP contribution in [0.3, 0.4) is 0 Å². The Morgan fingerprint density at radius 1 is 1.10 bits per heavy atom. The average molecular weight is 671 g/mol. The van der Waals surface area contributed by atoms with Crippen molar-refractivity contribution in [2.24, 2.45) is 5.92 Å². The molecule has 1 unspecified atom stereocenters. The molecule has 1 aromatic heterocycles. The third-order valence-corrected chi connectivity index (χ3v) is 10.2. The van der Waals surface area contributed by atoms with Gasteiger partial charge in [0.15, 0.2) is 11.6 Å². The molecule has 6 nitrogen and oxygen atoms in total. The van der Waals surface area contributed by atoms with Gasteiger partial charge < -0.3 is 18.9 Å². The van der Waals surface area contributed by atoms with Crippen LogP contribution in [0.25, 0.3) is 11.0 Å². The number of carbonyl (C=O) groups is 1. The van der Waals surface area contributed by atoms with Crippen LogP contribution in [0.4, 0.5) is 13.6 Å². The maximum Gasteiger partial charge on any atom is 0.410 e. The molecule has 1 amide bonds. The van der Waals surface area contributed by atoms with Crippen molar-refractivity contribution < 1.29 is 23.0 Å². The summed E-state index contributed by atoms with van der Waals surface area (Å²) >= 11 is 11.2. The zero-order valence-electron chi connectivity index (χ0n) is 24.6. The van der Waals surface area contributed by atoms with Crippen LogP contribution in [-0.4, -0.2) is 53.9 Å². The number of halogens is 4. The monoisotopic (exact) mass is 669 g/mol. The highest BCUT2D eigenvalue weighted by molar-refractivity contribution is 9.10. The second-order valence-corrected chi connectivity index (χ2v) is 20.1. The summed E-state index contributed by atoms with van der Waals surface area (Å²) in [6, 6.07) is 10.9. The van der Waals surface area contributed by atoms with E-state index in [1.807, 2.05) is 45.0 Å². The minimum Gasteiger partial charge on any atom is -0.444 e. The number of ether oxygens (including phenoxy) is 2. The Kier molecular flexibility index (Phi) is 9.58. The molecule has 0 aliphatic carbocycles. The molecule has 2 heterocycles. The lowest BCUT2D eigenvalue weighted by Crippen LogP contribution is -2.46. The molecule has 0 radical (unpaired) electrons. The van der Waals surface area contributed by atoms with Crippen LogP contribution in [0.15, 0.2) is 40.9 Å². The van der Waals surface area contributed by atoms with Crippen molar-refractivity contribution in [2.45, 2.75) is 76.5 Å². The highest BCUT2D eigenvalue weighted by Crippen LogP contribution is 2.48. The van der Waals surface area contributed by atoms with E-state index in [4.69, 9.17) is 26.1 Å². The zero-order chi connectivity index (χ0) is 30.2. The minimum atomic E-state index is -1.35. The Hall–Kier alpha value is -2.01. The van der Waals surface area contributed by atoms with E-state index in [2.05, 4.69) is 35.6 Å². The SMILES string of the molecule is CC(C)(C)OC(=O)N1CCC(C(Cl)(c2ccc(Br)cc2)c2nc3cc(F)c(F)cc3n2COCC[Si](C)(C)C)CC1. The van der Waals surface area contributed by atoms with E-state index >= 15 is 0 Å². The Balaban J connectivity index is 1.76. The van der Waals surface area contributed by atoms with E-state index in [1.54, 1.807) is 9.47 Å². The third kappa shape index (κ3) is 7.50. The summed E-state index contributed by atoms with van der Waals surface area (Å²) in [5.74, 6) is -1.61. The van der Waals surface area contributed by atoms with Gasteiger partial charge in [0.2, 0.25) is 0 Å².